The van der Waals surface area contributed by atoms with Crippen LogP contribution in [0.3, 0.4) is 0 Å². The van der Waals surface area contributed by atoms with Crippen LogP contribution in [0.1, 0.15) is 5.56 Å². The van der Waals surface area contributed by atoms with Gasteiger partial charge in [0.15, 0.2) is 0 Å². The Balaban J connectivity index is 2.18. The minimum atomic E-state index is 0.609. The number of nitrogens with zero attached hydrogens (tertiary/aromatic N) is 4. The van der Waals surface area contributed by atoms with Gasteiger partial charge in [0, 0.05) is 34.1 Å². The summed E-state index contributed by atoms with van der Waals surface area (Å²) in [5.41, 5.74) is 4.45. The Labute approximate surface area is 134 Å². The summed E-state index contributed by atoms with van der Waals surface area (Å²) in [5.74, 6) is 0. The van der Waals surface area contributed by atoms with E-state index in [4.69, 9.17) is 0 Å². The second kappa shape index (κ2) is 4.93. The molecule has 0 N–H and O–H groups in total. The van der Waals surface area contributed by atoms with Crippen molar-refractivity contribution in [3.05, 3.63) is 65.0 Å². The Hall–Kier alpha value is -2.71. The summed E-state index contributed by atoms with van der Waals surface area (Å²) in [5, 5.41) is 10.2. The predicted octanol–water partition coefficient (Wildman–Crippen LogP) is 4.21. The van der Waals surface area contributed by atoms with Crippen LogP contribution in [0.2, 0.25) is 0 Å². The molecule has 3 aromatic heterocycles. The van der Waals surface area contributed by atoms with Gasteiger partial charge in [-0.1, -0.05) is 15.9 Å². The first-order valence-corrected chi connectivity index (χ1v) is 7.47. The monoisotopic (exact) mass is 348 g/mol. The number of halogens is 1. The number of nitriles is 1. The lowest BCUT2D eigenvalue weighted by atomic mass is 10.2. The molecule has 4 aromatic rings. The molecule has 22 heavy (non-hydrogen) atoms. The molecule has 0 saturated heterocycles. The van der Waals surface area contributed by atoms with E-state index in [1.165, 1.54) is 0 Å². The molecule has 0 saturated carbocycles. The topological polar surface area (TPSA) is 54.5 Å². The van der Waals surface area contributed by atoms with Gasteiger partial charge in [-0.25, -0.2) is 0 Å². The van der Waals surface area contributed by atoms with Gasteiger partial charge >= 0.3 is 0 Å². The van der Waals surface area contributed by atoms with Crippen LogP contribution < -0.4 is 0 Å². The quantitative estimate of drug-likeness (QED) is 0.517. The van der Waals surface area contributed by atoms with Gasteiger partial charge < -0.3 is 4.57 Å². The summed E-state index contributed by atoms with van der Waals surface area (Å²) in [6, 6.07) is 13.8. The van der Waals surface area contributed by atoms with E-state index in [0.29, 0.717) is 5.56 Å². The zero-order chi connectivity index (χ0) is 15.1. The van der Waals surface area contributed by atoms with Crippen LogP contribution in [0.25, 0.3) is 27.6 Å². The Morgan fingerprint density at radius 3 is 2.86 bits per heavy atom. The van der Waals surface area contributed by atoms with Gasteiger partial charge in [-0.05, 0) is 36.4 Å². The number of pyridine rings is 2. The largest absolute Gasteiger partial charge is 0.307 e. The fourth-order valence-corrected chi connectivity index (χ4v) is 3.21. The lowest BCUT2D eigenvalue weighted by Crippen LogP contribution is -1.95. The van der Waals surface area contributed by atoms with Crippen LogP contribution in [0.4, 0.5) is 0 Å². The predicted molar refractivity (Wildman–Crippen MR) is 88.8 cm³/mol. The van der Waals surface area contributed by atoms with Gasteiger partial charge in [0.05, 0.1) is 28.2 Å². The summed E-state index contributed by atoms with van der Waals surface area (Å²) in [4.78, 5) is 8.69. The zero-order valence-electron chi connectivity index (χ0n) is 11.4. The SMILES string of the molecule is N#Cc1cc(Br)cc(-n2c3ccncc3c3ncccc32)c1. The average molecular weight is 349 g/mol. The van der Waals surface area contributed by atoms with Crippen LogP contribution in [0.15, 0.2) is 59.5 Å². The maximum Gasteiger partial charge on any atom is 0.0992 e. The molecule has 4 rings (SSSR count). The molecular weight excluding hydrogens is 340 g/mol. The molecule has 104 valence electrons. The van der Waals surface area contributed by atoms with E-state index in [2.05, 4.69) is 36.5 Å². The molecule has 5 heteroatoms. The highest BCUT2D eigenvalue weighted by Gasteiger charge is 2.13. The maximum atomic E-state index is 9.21. The number of benzene rings is 1. The first kappa shape index (κ1) is 13.0. The standard InChI is InChI=1S/C17H9BrN4/c18-12-6-11(9-19)7-13(8-12)22-15-3-5-20-10-14(15)17-16(22)2-1-4-21-17/h1-8,10H. The van der Waals surface area contributed by atoms with Crippen molar-refractivity contribution in [3.63, 3.8) is 0 Å². The smallest absolute Gasteiger partial charge is 0.0992 e. The average Bonchev–Trinajstić information content (AvgIpc) is 2.89. The lowest BCUT2D eigenvalue weighted by molar-refractivity contribution is 1.16. The van der Waals surface area contributed by atoms with E-state index >= 15 is 0 Å². The molecule has 0 unspecified atom stereocenters. The molecule has 4 nitrogen and oxygen atoms in total. The Morgan fingerprint density at radius 1 is 1.09 bits per heavy atom. The van der Waals surface area contributed by atoms with E-state index in [0.717, 1.165) is 32.1 Å². The van der Waals surface area contributed by atoms with Crippen molar-refractivity contribution < 1.29 is 0 Å². The molecule has 0 bridgehead atoms. The molecule has 3 heterocycles. The van der Waals surface area contributed by atoms with Crippen LogP contribution >= 0.6 is 15.9 Å². The fraction of sp³-hybridized carbons (Fsp3) is 0. The summed E-state index contributed by atoms with van der Waals surface area (Å²) in [6.45, 7) is 0. The van der Waals surface area contributed by atoms with Gasteiger partial charge in [-0.2, -0.15) is 5.26 Å². The van der Waals surface area contributed by atoms with Gasteiger partial charge in [0.25, 0.3) is 0 Å². The number of rotatable bonds is 1. The van der Waals surface area contributed by atoms with Crippen LogP contribution in [-0.4, -0.2) is 14.5 Å². The highest BCUT2D eigenvalue weighted by Crippen LogP contribution is 2.31. The summed E-state index contributed by atoms with van der Waals surface area (Å²) >= 11 is 3.48. The van der Waals surface area contributed by atoms with E-state index in [-0.39, 0.29) is 0 Å². The third-order valence-corrected chi connectivity index (χ3v) is 4.05. The molecule has 0 aliphatic carbocycles. The van der Waals surface area contributed by atoms with Crippen molar-refractivity contribution in [1.82, 2.24) is 14.5 Å². The molecule has 0 radical (unpaired) electrons. The first-order valence-electron chi connectivity index (χ1n) is 6.68. The molecule has 1 aromatic carbocycles. The number of hydrogen-bond donors (Lipinski definition) is 0. The number of fused-ring (bicyclic) bond motifs is 3. The van der Waals surface area contributed by atoms with Crippen molar-refractivity contribution in [2.24, 2.45) is 0 Å². The number of aromatic nitrogens is 3. The Kier molecular flexibility index (Phi) is 2.91. The van der Waals surface area contributed by atoms with Crippen molar-refractivity contribution >= 4 is 37.9 Å². The maximum absolute atomic E-state index is 9.21. The van der Waals surface area contributed by atoms with Crippen LogP contribution in [0.5, 0.6) is 0 Å². The third-order valence-electron chi connectivity index (χ3n) is 3.59. The summed E-state index contributed by atoms with van der Waals surface area (Å²) < 4.78 is 2.97. The molecule has 0 amide bonds. The highest BCUT2D eigenvalue weighted by molar-refractivity contribution is 9.10. The second-order valence-corrected chi connectivity index (χ2v) is 5.82. The van der Waals surface area contributed by atoms with Crippen molar-refractivity contribution in [1.29, 1.82) is 5.26 Å². The van der Waals surface area contributed by atoms with Crippen molar-refractivity contribution in [2.45, 2.75) is 0 Å². The molecule has 0 atom stereocenters. The zero-order valence-corrected chi connectivity index (χ0v) is 12.9. The minimum absolute atomic E-state index is 0.609. The molecule has 0 fully saturated rings. The van der Waals surface area contributed by atoms with Gasteiger partial charge in [-0.15, -0.1) is 0 Å². The minimum Gasteiger partial charge on any atom is -0.307 e. The first-order chi connectivity index (χ1) is 10.8. The Morgan fingerprint density at radius 2 is 2.00 bits per heavy atom. The third kappa shape index (κ3) is 1.89. The van der Waals surface area contributed by atoms with E-state index in [1.54, 1.807) is 18.5 Å². The summed E-state index contributed by atoms with van der Waals surface area (Å²) in [6.07, 6.45) is 5.37. The molecule has 0 spiro atoms. The summed E-state index contributed by atoms with van der Waals surface area (Å²) in [7, 11) is 0. The molecule has 0 aliphatic heterocycles. The van der Waals surface area contributed by atoms with Gasteiger partial charge in [0.1, 0.15) is 0 Å². The van der Waals surface area contributed by atoms with E-state index in [1.807, 2.05) is 36.5 Å². The van der Waals surface area contributed by atoms with E-state index < -0.39 is 0 Å². The van der Waals surface area contributed by atoms with E-state index in [9.17, 15) is 5.26 Å². The lowest BCUT2D eigenvalue weighted by Gasteiger charge is -2.08. The highest BCUT2D eigenvalue weighted by atomic mass is 79.9. The normalized spacial score (nSPS) is 10.9. The molecule has 0 aliphatic rings. The fourth-order valence-electron chi connectivity index (χ4n) is 2.73. The van der Waals surface area contributed by atoms with Gasteiger partial charge in [-0.3, -0.25) is 9.97 Å². The molecular formula is C17H9BrN4. The van der Waals surface area contributed by atoms with Crippen LogP contribution in [0, 0.1) is 11.3 Å². The van der Waals surface area contributed by atoms with Crippen molar-refractivity contribution in [2.75, 3.05) is 0 Å². The van der Waals surface area contributed by atoms with Crippen LogP contribution in [-0.2, 0) is 0 Å². The van der Waals surface area contributed by atoms with Gasteiger partial charge in [0.2, 0.25) is 0 Å². The Bertz CT molecular complexity index is 1010. The number of hydrogen-bond acceptors (Lipinski definition) is 3. The van der Waals surface area contributed by atoms with Crippen molar-refractivity contribution in [3.8, 4) is 11.8 Å². The second-order valence-electron chi connectivity index (χ2n) is 4.91.